The van der Waals surface area contributed by atoms with Crippen LogP contribution in [0.15, 0.2) is 30.3 Å². The van der Waals surface area contributed by atoms with Gasteiger partial charge in [0.15, 0.2) is 0 Å². The molecule has 0 aromatic heterocycles. The van der Waals surface area contributed by atoms with Crippen LogP contribution in [0.4, 0.5) is 0 Å². The van der Waals surface area contributed by atoms with Crippen LogP contribution >= 0.6 is 0 Å². The number of nitriles is 1. The van der Waals surface area contributed by atoms with Crippen LogP contribution in [0.1, 0.15) is 5.56 Å². The Bertz CT molecular complexity index is 475. The summed E-state index contributed by atoms with van der Waals surface area (Å²) in [4.78, 5) is 2.22. The van der Waals surface area contributed by atoms with Crippen LogP contribution in [0.2, 0.25) is 0 Å². The van der Waals surface area contributed by atoms with E-state index in [1.807, 2.05) is 37.4 Å². The number of hydrogen-bond donors (Lipinski definition) is 1. The maximum absolute atomic E-state index is 11.4. The van der Waals surface area contributed by atoms with Gasteiger partial charge in [0.2, 0.25) is 0 Å². The van der Waals surface area contributed by atoms with Gasteiger partial charge in [-0.1, -0.05) is 30.3 Å². The third-order valence-corrected chi connectivity index (χ3v) is 4.89. The minimum absolute atomic E-state index is 0.626. The molecule has 0 spiro atoms. The van der Waals surface area contributed by atoms with Gasteiger partial charge in [0, 0.05) is 41.9 Å². The Morgan fingerprint density at radius 3 is 2.53 bits per heavy atom. The second kappa shape index (κ2) is 6.29. The number of rotatable bonds is 4. The lowest BCUT2D eigenvalue weighted by atomic mass is 9.91. The first-order valence-electron chi connectivity index (χ1n) is 6.43. The molecule has 1 aromatic rings. The average Bonchev–Trinajstić information content (AvgIpc) is 2.48. The van der Waals surface area contributed by atoms with Gasteiger partial charge in [-0.05, 0) is 12.6 Å². The average molecular weight is 277 g/mol. The highest BCUT2D eigenvalue weighted by atomic mass is 32.2. The van der Waals surface area contributed by atoms with Crippen molar-refractivity contribution >= 4 is 10.8 Å². The van der Waals surface area contributed by atoms with Crippen LogP contribution in [0, 0.1) is 11.3 Å². The van der Waals surface area contributed by atoms with Crippen LogP contribution in [-0.2, 0) is 16.3 Å². The lowest BCUT2D eigenvalue weighted by molar-refractivity contribution is 0.234. The summed E-state index contributed by atoms with van der Waals surface area (Å²) in [6.07, 6.45) is 0. The zero-order chi connectivity index (χ0) is 13.7. The standard InChI is InChI=1S/C14H19N3OS/c1-16-14(11-15,13-5-3-2-4-6-13)12-17-7-9-19(18)10-8-17/h2-6,16H,7-10,12H2,1H3. The summed E-state index contributed by atoms with van der Waals surface area (Å²) < 4.78 is 11.4. The van der Waals surface area contributed by atoms with Crippen molar-refractivity contribution in [2.45, 2.75) is 5.54 Å². The minimum Gasteiger partial charge on any atom is -0.298 e. The monoisotopic (exact) mass is 277 g/mol. The van der Waals surface area contributed by atoms with Crippen LogP contribution in [0.3, 0.4) is 0 Å². The highest BCUT2D eigenvalue weighted by Gasteiger charge is 2.33. The molecule has 1 heterocycles. The van der Waals surface area contributed by atoms with E-state index in [4.69, 9.17) is 0 Å². The summed E-state index contributed by atoms with van der Waals surface area (Å²) in [5.74, 6) is 1.42. The van der Waals surface area contributed by atoms with Gasteiger partial charge in [-0.2, -0.15) is 5.26 Å². The third kappa shape index (κ3) is 3.21. The molecular formula is C14H19N3OS. The molecule has 1 fully saturated rings. The topological polar surface area (TPSA) is 56.1 Å². The molecule has 1 unspecified atom stereocenters. The number of nitrogens with one attached hydrogen (secondary N) is 1. The van der Waals surface area contributed by atoms with Crippen molar-refractivity contribution < 1.29 is 4.21 Å². The molecule has 0 aliphatic carbocycles. The maximum atomic E-state index is 11.4. The summed E-state index contributed by atoms with van der Waals surface area (Å²) in [6, 6.07) is 12.2. The second-order valence-electron chi connectivity index (χ2n) is 4.76. The maximum Gasteiger partial charge on any atom is 0.144 e. The van der Waals surface area contributed by atoms with Crippen molar-refractivity contribution in [2.24, 2.45) is 0 Å². The van der Waals surface area contributed by atoms with Crippen molar-refractivity contribution in [3.63, 3.8) is 0 Å². The molecule has 1 atom stereocenters. The third-order valence-electron chi connectivity index (χ3n) is 3.62. The van der Waals surface area contributed by atoms with Crippen LogP contribution < -0.4 is 5.32 Å². The molecule has 1 aromatic carbocycles. The van der Waals surface area contributed by atoms with Gasteiger partial charge < -0.3 is 0 Å². The van der Waals surface area contributed by atoms with E-state index in [2.05, 4.69) is 16.3 Å². The fraction of sp³-hybridized carbons (Fsp3) is 0.500. The van der Waals surface area contributed by atoms with E-state index in [0.29, 0.717) is 18.1 Å². The van der Waals surface area contributed by atoms with Crippen LogP contribution in [-0.4, -0.2) is 47.3 Å². The van der Waals surface area contributed by atoms with Crippen LogP contribution in [0.25, 0.3) is 0 Å². The molecule has 0 radical (unpaired) electrons. The number of likely N-dealkylation sites (N-methyl/N-ethyl adjacent to an activating group) is 1. The van der Waals surface area contributed by atoms with E-state index < -0.39 is 16.3 Å². The van der Waals surface area contributed by atoms with Gasteiger partial charge in [0.05, 0.1) is 6.07 Å². The summed E-state index contributed by atoms with van der Waals surface area (Å²) in [7, 11) is 1.14. The van der Waals surface area contributed by atoms with Crippen molar-refractivity contribution in [3.8, 4) is 6.07 Å². The van der Waals surface area contributed by atoms with Crippen molar-refractivity contribution in [1.29, 1.82) is 5.26 Å². The summed E-state index contributed by atoms with van der Waals surface area (Å²) in [6.45, 7) is 2.22. The molecule has 19 heavy (non-hydrogen) atoms. The van der Waals surface area contributed by atoms with Gasteiger partial charge in [0.25, 0.3) is 0 Å². The molecule has 0 saturated carbocycles. The normalized spacial score (nSPS) is 20.6. The zero-order valence-electron chi connectivity index (χ0n) is 11.1. The molecule has 5 heteroatoms. The fourth-order valence-electron chi connectivity index (χ4n) is 2.36. The second-order valence-corrected chi connectivity index (χ2v) is 6.45. The summed E-state index contributed by atoms with van der Waals surface area (Å²) in [5.41, 5.74) is 0.284. The van der Waals surface area contributed by atoms with Gasteiger partial charge >= 0.3 is 0 Å². The number of hydrogen-bond acceptors (Lipinski definition) is 4. The summed E-state index contributed by atoms with van der Waals surface area (Å²) in [5, 5.41) is 12.8. The Hall–Kier alpha value is -1.22. The quantitative estimate of drug-likeness (QED) is 0.880. The number of nitrogens with zero attached hydrogens (tertiary/aromatic N) is 2. The SMILES string of the molecule is CNC(C#N)(CN1CCS(=O)CC1)c1ccccc1. The van der Waals surface area contributed by atoms with Crippen molar-refractivity contribution in [3.05, 3.63) is 35.9 Å². The zero-order valence-corrected chi connectivity index (χ0v) is 11.9. The smallest absolute Gasteiger partial charge is 0.144 e. The Morgan fingerprint density at radius 2 is 2.00 bits per heavy atom. The lowest BCUT2D eigenvalue weighted by Crippen LogP contribution is -2.51. The molecule has 1 aliphatic heterocycles. The van der Waals surface area contributed by atoms with E-state index in [1.165, 1.54) is 0 Å². The summed E-state index contributed by atoms with van der Waals surface area (Å²) >= 11 is 0. The highest BCUT2D eigenvalue weighted by molar-refractivity contribution is 7.85. The molecule has 102 valence electrons. The van der Waals surface area contributed by atoms with Crippen molar-refractivity contribution in [1.82, 2.24) is 10.2 Å². The molecule has 1 aliphatic rings. The van der Waals surface area contributed by atoms with E-state index >= 15 is 0 Å². The first kappa shape index (κ1) is 14.2. The van der Waals surface area contributed by atoms with E-state index in [-0.39, 0.29) is 0 Å². The largest absolute Gasteiger partial charge is 0.298 e. The molecule has 0 amide bonds. The van der Waals surface area contributed by atoms with Crippen LogP contribution in [0.5, 0.6) is 0 Å². The Balaban J connectivity index is 2.17. The molecule has 1 N–H and O–H groups in total. The van der Waals surface area contributed by atoms with Gasteiger partial charge in [0.1, 0.15) is 5.54 Å². The van der Waals surface area contributed by atoms with Gasteiger partial charge in [-0.15, -0.1) is 0 Å². The van der Waals surface area contributed by atoms with E-state index in [9.17, 15) is 9.47 Å². The predicted octanol–water partition coefficient (Wildman–Crippen LogP) is 0.689. The molecule has 2 rings (SSSR count). The predicted molar refractivity (Wildman–Crippen MR) is 77.1 cm³/mol. The first-order valence-corrected chi connectivity index (χ1v) is 7.92. The molecular weight excluding hydrogens is 258 g/mol. The molecule has 4 nitrogen and oxygen atoms in total. The fourth-order valence-corrected chi connectivity index (χ4v) is 3.49. The highest BCUT2D eigenvalue weighted by Crippen LogP contribution is 2.22. The molecule has 1 saturated heterocycles. The Morgan fingerprint density at radius 1 is 1.37 bits per heavy atom. The Kier molecular flexibility index (Phi) is 4.70. The number of benzene rings is 1. The van der Waals surface area contributed by atoms with E-state index in [1.54, 1.807) is 0 Å². The van der Waals surface area contributed by atoms with Gasteiger partial charge in [-0.25, -0.2) is 0 Å². The van der Waals surface area contributed by atoms with Gasteiger partial charge in [-0.3, -0.25) is 14.4 Å². The van der Waals surface area contributed by atoms with Crippen molar-refractivity contribution in [2.75, 3.05) is 38.2 Å². The Labute approximate surface area is 116 Å². The minimum atomic E-state index is -0.694. The molecule has 0 bridgehead atoms. The lowest BCUT2D eigenvalue weighted by Gasteiger charge is -2.35. The van der Waals surface area contributed by atoms with E-state index in [0.717, 1.165) is 18.7 Å². The first-order chi connectivity index (χ1) is 9.20.